The number of alkyl halides is 3. The summed E-state index contributed by atoms with van der Waals surface area (Å²) in [6.07, 6.45) is 1.34. The molecule has 0 aromatic heterocycles. The van der Waals surface area contributed by atoms with Crippen molar-refractivity contribution in [3.05, 3.63) is 29.3 Å². The Kier molecular flexibility index (Phi) is 5.06. The maximum absolute atomic E-state index is 12.3. The van der Waals surface area contributed by atoms with Crippen molar-refractivity contribution in [1.82, 2.24) is 0 Å². The van der Waals surface area contributed by atoms with Gasteiger partial charge >= 0.3 is 15.6 Å². The number of hydrogen-bond donors (Lipinski definition) is 0. The minimum Gasteiger partial charge on any atom is -0.375 e. The molecule has 0 N–H and O–H groups in total. The van der Waals surface area contributed by atoms with E-state index in [1.54, 1.807) is 6.92 Å². The Morgan fingerprint density at radius 2 is 1.95 bits per heavy atom. The van der Waals surface area contributed by atoms with E-state index in [1.165, 1.54) is 12.1 Å². The van der Waals surface area contributed by atoms with Gasteiger partial charge in [0.1, 0.15) is 0 Å². The Labute approximate surface area is 115 Å². The molecule has 0 aliphatic rings. The summed E-state index contributed by atoms with van der Waals surface area (Å²) in [5.41, 5.74) is -4.61. The van der Waals surface area contributed by atoms with Crippen LogP contribution in [0.5, 0.6) is 5.75 Å². The summed E-state index contributed by atoms with van der Waals surface area (Å²) >= 11 is 0. The minimum absolute atomic E-state index is 0.117. The molecule has 3 nitrogen and oxygen atoms in total. The van der Waals surface area contributed by atoms with Gasteiger partial charge in [0.15, 0.2) is 5.75 Å². The van der Waals surface area contributed by atoms with Gasteiger partial charge in [-0.3, -0.25) is 0 Å². The van der Waals surface area contributed by atoms with Crippen molar-refractivity contribution < 1.29 is 25.8 Å². The molecule has 0 atom stereocenters. The lowest BCUT2D eigenvalue weighted by molar-refractivity contribution is -0.0500. The zero-order valence-electron chi connectivity index (χ0n) is 10.9. The van der Waals surface area contributed by atoms with Gasteiger partial charge in [-0.05, 0) is 31.0 Å². The first-order valence-corrected chi connectivity index (χ1v) is 7.18. The van der Waals surface area contributed by atoms with Crippen LogP contribution in [0.2, 0.25) is 0 Å². The smallest absolute Gasteiger partial charge is 0.375 e. The van der Waals surface area contributed by atoms with Crippen LogP contribution in [-0.2, 0) is 10.1 Å². The molecule has 0 aliphatic heterocycles. The van der Waals surface area contributed by atoms with Crippen LogP contribution in [0.3, 0.4) is 0 Å². The van der Waals surface area contributed by atoms with Crippen molar-refractivity contribution in [3.63, 3.8) is 0 Å². The summed E-state index contributed by atoms with van der Waals surface area (Å²) in [5, 5.41) is 0. The quantitative estimate of drug-likeness (QED) is 0.488. The van der Waals surface area contributed by atoms with Crippen molar-refractivity contribution in [2.45, 2.75) is 32.2 Å². The first-order chi connectivity index (χ1) is 9.17. The molecular formula is C13H13F3O3S. The number of aryl methyl sites for hydroxylation is 1. The molecule has 0 aliphatic carbocycles. The van der Waals surface area contributed by atoms with Crippen LogP contribution in [0, 0.1) is 18.8 Å². The van der Waals surface area contributed by atoms with Crippen LogP contribution in [0.4, 0.5) is 13.2 Å². The Morgan fingerprint density at radius 3 is 2.50 bits per heavy atom. The summed E-state index contributed by atoms with van der Waals surface area (Å²) in [4.78, 5) is 0. The average Bonchev–Trinajstić information content (AvgIpc) is 2.31. The van der Waals surface area contributed by atoms with Gasteiger partial charge in [0.05, 0.1) is 5.56 Å². The molecule has 0 saturated heterocycles. The Balaban J connectivity index is 3.17. The lowest BCUT2D eigenvalue weighted by Crippen LogP contribution is -2.28. The van der Waals surface area contributed by atoms with Crippen LogP contribution in [0.15, 0.2) is 18.2 Å². The topological polar surface area (TPSA) is 43.4 Å². The molecular weight excluding hydrogens is 293 g/mol. The first-order valence-electron chi connectivity index (χ1n) is 5.77. The molecule has 0 amide bonds. The van der Waals surface area contributed by atoms with E-state index >= 15 is 0 Å². The average molecular weight is 306 g/mol. The lowest BCUT2D eigenvalue weighted by atomic mass is 10.1. The lowest BCUT2D eigenvalue weighted by Gasteiger charge is -2.11. The number of hydrogen-bond acceptors (Lipinski definition) is 3. The van der Waals surface area contributed by atoms with E-state index < -0.39 is 21.4 Å². The van der Waals surface area contributed by atoms with Gasteiger partial charge in [0.25, 0.3) is 0 Å². The zero-order chi connectivity index (χ0) is 15.4. The molecule has 1 aromatic rings. The largest absolute Gasteiger partial charge is 0.534 e. The van der Waals surface area contributed by atoms with Crippen LogP contribution >= 0.6 is 0 Å². The normalized spacial score (nSPS) is 11.7. The summed E-state index contributed by atoms with van der Waals surface area (Å²) in [6, 6.07) is 4.09. The molecule has 110 valence electrons. The Hall–Kier alpha value is -1.68. The minimum atomic E-state index is -5.68. The van der Waals surface area contributed by atoms with Crippen LogP contribution in [-0.4, -0.2) is 13.9 Å². The van der Waals surface area contributed by atoms with E-state index in [0.717, 1.165) is 18.1 Å². The monoisotopic (exact) mass is 306 g/mol. The van der Waals surface area contributed by atoms with Gasteiger partial charge in [-0.15, -0.1) is 0 Å². The summed E-state index contributed by atoms with van der Waals surface area (Å²) in [5.74, 6) is 4.94. The fourth-order valence-corrected chi connectivity index (χ4v) is 1.74. The van der Waals surface area contributed by atoms with E-state index in [2.05, 4.69) is 16.0 Å². The standard InChI is InChI=1S/C13H13F3O3S/c1-3-4-5-6-11-9-10(2)7-8-12(11)19-20(17,18)13(14,15)16/h7-9H,3-4H2,1-2H3. The van der Waals surface area contributed by atoms with Crippen molar-refractivity contribution >= 4 is 10.1 Å². The molecule has 0 fully saturated rings. The predicted octanol–water partition coefficient (Wildman–Crippen LogP) is 3.38. The van der Waals surface area contributed by atoms with Gasteiger partial charge in [0.2, 0.25) is 0 Å². The molecule has 1 aromatic carbocycles. The SMILES string of the molecule is CCCC#Cc1cc(C)ccc1OS(=O)(=O)C(F)(F)F. The van der Waals surface area contributed by atoms with Gasteiger partial charge in [-0.25, -0.2) is 0 Å². The number of benzene rings is 1. The fraction of sp³-hybridized carbons (Fsp3) is 0.385. The van der Waals surface area contributed by atoms with Gasteiger partial charge in [-0.1, -0.05) is 24.8 Å². The molecule has 20 heavy (non-hydrogen) atoms. The van der Waals surface area contributed by atoms with Gasteiger partial charge in [0, 0.05) is 6.42 Å². The zero-order valence-corrected chi connectivity index (χ0v) is 11.7. The first kappa shape index (κ1) is 16.4. The predicted molar refractivity (Wildman–Crippen MR) is 68.6 cm³/mol. The van der Waals surface area contributed by atoms with E-state index in [-0.39, 0.29) is 5.56 Å². The van der Waals surface area contributed by atoms with E-state index in [0.29, 0.717) is 6.42 Å². The molecule has 0 heterocycles. The summed E-state index contributed by atoms with van der Waals surface area (Å²) < 4.78 is 63.0. The highest BCUT2D eigenvalue weighted by atomic mass is 32.2. The van der Waals surface area contributed by atoms with E-state index in [4.69, 9.17) is 0 Å². The molecule has 1 rings (SSSR count). The number of halogens is 3. The third kappa shape index (κ3) is 4.17. The fourth-order valence-electron chi connectivity index (χ4n) is 1.26. The molecule has 0 spiro atoms. The highest BCUT2D eigenvalue weighted by Gasteiger charge is 2.48. The van der Waals surface area contributed by atoms with Crippen molar-refractivity contribution in [2.75, 3.05) is 0 Å². The number of rotatable bonds is 3. The molecule has 0 unspecified atom stereocenters. The molecule has 0 radical (unpaired) electrons. The number of unbranched alkanes of at least 4 members (excludes halogenated alkanes) is 1. The molecule has 0 saturated carbocycles. The van der Waals surface area contributed by atoms with Crippen molar-refractivity contribution in [3.8, 4) is 17.6 Å². The van der Waals surface area contributed by atoms with E-state index in [9.17, 15) is 21.6 Å². The third-order valence-electron chi connectivity index (χ3n) is 2.22. The van der Waals surface area contributed by atoms with Crippen LogP contribution in [0.25, 0.3) is 0 Å². The molecule has 0 bridgehead atoms. The maximum Gasteiger partial charge on any atom is 0.534 e. The maximum atomic E-state index is 12.3. The second-order valence-corrected chi connectivity index (χ2v) is 5.57. The van der Waals surface area contributed by atoms with Crippen LogP contribution in [0.1, 0.15) is 30.9 Å². The van der Waals surface area contributed by atoms with Gasteiger partial charge < -0.3 is 4.18 Å². The van der Waals surface area contributed by atoms with E-state index in [1.807, 2.05) is 6.92 Å². The Morgan fingerprint density at radius 1 is 1.30 bits per heavy atom. The summed E-state index contributed by atoms with van der Waals surface area (Å²) in [7, 11) is -5.68. The van der Waals surface area contributed by atoms with Crippen molar-refractivity contribution in [2.24, 2.45) is 0 Å². The molecule has 7 heteroatoms. The third-order valence-corrected chi connectivity index (χ3v) is 3.18. The summed E-state index contributed by atoms with van der Waals surface area (Å²) in [6.45, 7) is 3.61. The highest BCUT2D eigenvalue weighted by molar-refractivity contribution is 7.88. The second-order valence-electron chi connectivity index (χ2n) is 4.03. The van der Waals surface area contributed by atoms with Crippen LogP contribution < -0.4 is 4.18 Å². The van der Waals surface area contributed by atoms with Gasteiger partial charge in [-0.2, -0.15) is 21.6 Å². The van der Waals surface area contributed by atoms with Crippen molar-refractivity contribution in [1.29, 1.82) is 0 Å². The Bertz CT molecular complexity index is 637. The second kappa shape index (κ2) is 6.18. The highest BCUT2D eigenvalue weighted by Crippen LogP contribution is 2.29.